The maximum absolute atomic E-state index is 5.46. The van der Waals surface area contributed by atoms with Gasteiger partial charge in [-0.05, 0) is 37.7 Å². The Labute approximate surface area is 104 Å². The summed E-state index contributed by atoms with van der Waals surface area (Å²) in [5.74, 6) is 0.962. The topological polar surface area (TPSA) is 15.7 Å². The van der Waals surface area contributed by atoms with Crippen molar-refractivity contribution in [1.29, 1.82) is 0 Å². The van der Waals surface area contributed by atoms with Crippen LogP contribution in [0.3, 0.4) is 0 Å². The van der Waals surface area contributed by atoms with Gasteiger partial charge in [0.25, 0.3) is 0 Å². The van der Waals surface area contributed by atoms with Gasteiger partial charge in [-0.15, -0.1) is 0 Å². The number of hydrogen-bond acceptors (Lipinski definition) is 3. The largest absolute Gasteiger partial charge is 0.494 e. The summed E-state index contributed by atoms with van der Waals surface area (Å²) in [6.07, 6.45) is 0. The van der Waals surface area contributed by atoms with Gasteiger partial charge < -0.3 is 14.5 Å². The molecule has 0 radical (unpaired) electrons. The zero-order valence-corrected chi connectivity index (χ0v) is 10.9. The predicted octanol–water partition coefficient (Wildman–Crippen LogP) is 2.23. The van der Waals surface area contributed by atoms with Gasteiger partial charge in [-0.25, -0.2) is 0 Å². The summed E-state index contributed by atoms with van der Waals surface area (Å²) >= 11 is 0. The molecule has 1 fully saturated rings. The van der Waals surface area contributed by atoms with Crippen molar-refractivity contribution in [2.45, 2.75) is 13.8 Å². The van der Waals surface area contributed by atoms with Gasteiger partial charge in [0.05, 0.1) is 6.61 Å². The second kappa shape index (κ2) is 5.92. The maximum Gasteiger partial charge on any atom is 0.119 e. The summed E-state index contributed by atoms with van der Waals surface area (Å²) in [7, 11) is 0. The van der Waals surface area contributed by atoms with Crippen molar-refractivity contribution in [3.8, 4) is 5.75 Å². The molecular formula is C14H22N2O. The first-order chi connectivity index (χ1) is 8.33. The first-order valence-electron chi connectivity index (χ1n) is 6.53. The average Bonchev–Trinajstić information content (AvgIpc) is 2.40. The van der Waals surface area contributed by atoms with Gasteiger partial charge in [-0.1, -0.05) is 6.92 Å². The number of benzene rings is 1. The van der Waals surface area contributed by atoms with Crippen LogP contribution in [0.4, 0.5) is 5.69 Å². The van der Waals surface area contributed by atoms with Crippen LogP contribution in [0.15, 0.2) is 24.3 Å². The van der Waals surface area contributed by atoms with E-state index in [2.05, 4.69) is 41.0 Å². The Morgan fingerprint density at radius 1 is 1.00 bits per heavy atom. The quantitative estimate of drug-likeness (QED) is 0.794. The lowest BCUT2D eigenvalue weighted by molar-refractivity contribution is 0.271. The number of nitrogens with zero attached hydrogens (tertiary/aromatic N) is 2. The number of hydrogen-bond donors (Lipinski definition) is 0. The Morgan fingerprint density at radius 2 is 1.65 bits per heavy atom. The normalized spacial score (nSPS) is 17.2. The Kier molecular flexibility index (Phi) is 4.26. The predicted molar refractivity (Wildman–Crippen MR) is 71.9 cm³/mol. The van der Waals surface area contributed by atoms with E-state index < -0.39 is 0 Å². The van der Waals surface area contributed by atoms with Gasteiger partial charge in [0.1, 0.15) is 5.75 Å². The molecule has 2 rings (SSSR count). The summed E-state index contributed by atoms with van der Waals surface area (Å²) in [5, 5.41) is 0. The molecule has 0 bridgehead atoms. The first-order valence-corrected chi connectivity index (χ1v) is 6.53. The van der Waals surface area contributed by atoms with E-state index in [0.29, 0.717) is 0 Å². The van der Waals surface area contributed by atoms with Crippen LogP contribution in [-0.2, 0) is 0 Å². The van der Waals surface area contributed by atoms with Gasteiger partial charge in [0.2, 0.25) is 0 Å². The number of likely N-dealkylation sites (N-methyl/N-ethyl adjacent to an activating group) is 1. The Morgan fingerprint density at radius 3 is 2.18 bits per heavy atom. The molecule has 0 aromatic heterocycles. The molecule has 1 heterocycles. The van der Waals surface area contributed by atoms with Crippen LogP contribution in [0.25, 0.3) is 0 Å². The molecular weight excluding hydrogens is 212 g/mol. The smallest absolute Gasteiger partial charge is 0.119 e. The second-order valence-corrected chi connectivity index (χ2v) is 4.35. The molecule has 94 valence electrons. The molecule has 1 saturated heterocycles. The van der Waals surface area contributed by atoms with Gasteiger partial charge in [0.15, 0.2) is 0 Å². The summed E-state index contributed by atoms with van der Waals surface area (Å²) < 4.78 is 5.46. The van der Waals surface area contributed by atoms with E-state index in [0.717, 1.165) is 32.0 Å². The zero-order chi connectivity index (χ0) is 12.1. The van der Waals surface area contributed by atoms with Crippen LogP contribution in [0.2, 0.25) is 0 Å². The average molecular weight is 234 g/mol. The molecule has 1 aliphatic rings. The van der Waals surface area contributed by atoms with Crippen molar-refractivity contribution < 1.29 is 4.74 Å². The van der Waals surface area contributed by atoms with Crippen molar-refractivity contribution >= 4 is 5.69 Å². The fourth-order valence-electron chi connectivity index (χ4n) is 2.24. The highest BCUT2D eigenvalue weighted by Gasteiger charge is 2.15. The Balaban J connectivity index is 1.94. The minimum Gasteiger partial charge on any atom is -0.494 e. The van der Waals surface area contributed by atoms with Crippen molar-refractivity contribution in [1.82, 2.24) is 4.90 Å². The Hall–Kier alpha value is -1.22. The molecule has 0 spiro atoms. The van der Waals surface area contributed by atoms with E-state index >= 15 is 0 Å². The number of anilines is 1. The van der Waals surface area contributed by atoms with E-state index in [1.54, 1.807) is 0 Å². The molecule has 17 heavy (non-hydrogen) atoms. The van der Waals surface area contributed by atoms with Gasteiger partial charge >= 0.3 is 0 Å². The van der Waals surface area contributed by atoms with Crippen molar-refractivity contribution in [2.24, 2.45) is 0 Å². The third-order valence-corrected chi connectivity index (χ3v) is 3.33. The minimum atomic E-state index is 0.731. The molecule has 3 nitrogen and oxygen atoms in total. The second-order valence-electron chi connectivity index (χ2n) is 4.35. The van der Waals surface area contributed by atoms with E-state index in [9.17, 15) is 0 Å². The fraction of sp³-hybridized carbons (Fsp3) is 0.571. The highest BCUT2D eigenvalue weighted by Crippen LogP contribution is 2.20. The van der Waals surface area contributed by atoms with E-state index in [4.69, 9.17) is 4.74 Å². The molecule has 0 unspecified atom stereocenters. The SMILES string of the molecule is CCOc1ccc(N2CCN(CC)CC2)cc1. The molecule has 0 saturated carbocycles. The highest BCUT2D eigenvalue weighted by molar-refractivity contribution is 5.49. The molecule has 0 N–H and O–H groups in total. The van der Waals surface area contributed by atoms with Gasteiger partial charge in [-0.3, -0.25) is 0 Å². The summed E-state index contributed by atoms with van der Waals surface area (Å²) in [4.78, 5) is 4.94. The lowest BCUT2D eigenvalue weighted by Gasteiger charge is -2.35. The highest BCUT2D eigenvalue weighted by atomic mass is 16.5. The molecule has 0 atom stereocenters. The van der Waals surface area contributed by atoms with Crippen LogP contribution < -0.4 is 9.64 Å². The van der Waals surface area contributed by atoms with Crippen molar-refractivity contribution in [3.05, 3.63) is 24.3 Å². The van der Waals surface area contributed by atoms with Crippen LogP contribution in [0.5, 0.6) is 5.75 Å². The standard InChI is InChI=1S/C14H22N2O/c1-3-15-9-11-16(12-10-15)13-5-7-14(8-6-13)17-4-2/h5-8H,3-4,9-12H2,1-2H3. The van der Waals surface area contributed by atoms with Crippen molar-refractivity contribution in [3.63, 3.8) is 0 Å². The fourth-order valence-corrected chi connectivity index (χ4v) is 2.24. The monoisotopic (exact) mass is 234 g/mol. The molecule has 3 heteroatoms. The van der Waals surface area contributed by atoms with E-state index in [1.165, 1.54) is 18.8 Å². The van der Waals surface area contributed by atoms with Crippen LogP contribution in [0.1, 0.15) is 13.8 Å². The zero-order valence-electron chi connectivity index (χ0n) is 10.9. The third-order valence-electron chi connectivity index (χ3n) is 3.33. The lowest BCUT2D eigenvalue weighted by atomic mass is 10.2. The number of ether oxygens (including phenoxy) is 1. The summed E-state index contributed by atoms with van der Waals surface area (Å²) in [6.45, 7) is 10.7. The Bertz CT molecular complexity index is 329. The molecule has 1 aromatic rings. The summed E-state index contributed by atoms with van der Waals surface area (Å²) in [6, 6.07) is 8.44. The van der Waals surface area contributed by atoms with Crippen LogP contribution in [0, 0.1) is 0 Å². The maximum atomic E-state index is 5.46. The first kappa shape index (κ1) is 12.2. The minimum absolute atomic E-state index is 0.731. The lowest BCUT2D eigenvalue weighted by Crippen LogP contribution is -2.46. The third kappa shape index (κ3) is 3.13. The molecule has 0 amide bonds. The van der Waals surface area contributed by atoms with Crippen molar-refractivity contribution in [2.75, 3.05) is 44.2 Å². The van der Waals surface area contributed by atoms with Crippen LogP contribution in [-0.4, -0.2) is 44.2 Å². The number of piperazine rings is 1. The van der Waals surface area contributed by atoms with Gasteiger partial charge in [0, 0.05) is 31.9 Å². The number of rotatable bonds is 4. The molecule has 0 aliphatic carbocycles. The van der Waals surface area contributed by atoms with E-state index in [-0.39, 0.29) is 0 Å². The van der Waals surface area contributed by atoms with E-state index in [1.807, 2.05) is 6.92 Å². The molecule has 1 aromatic carbocycles. The van der Waals surface area contributed by atoms with Crippen LogP contribution >= 0.6 is 0 Å². The van der Waals surface area contributed by atoms with Gasteiger partial charge in [-0.2, -0.15) is 0 Å². The molecule has 1 aliphatic heterocycles. The summed E-state index contributed by atoms with van der Waals surface area (Å²) in [5.41, 5.74) is 1.31.